The van der Waals surface area contributed by atoms with Gasteiger partial charge in [0.15, 0.2) is 0 Å². The minimum atomic E-state index is -0.399. The van der Waals surface area contributed by atoms with Crippen LogP contribution < -0.4 is 20.1 Å². The van der Waals surface area contributed by atoms with Crippen molar-refractivity contribution in [3.8, 4) is 17.4 Å². The molecule has 2 aromatic carbocycles. The molecule has 0 aliphatic rings. The van der Waals surface area contributed by atoms with E-state index in [-0.39, 0.29) is 11.5 Å². The summed E-state index contributed by atoms with van der Waals surface area (Å²) in [6.45, 7) is 9.00. The number of amides is 2. The molecule has 34 heavy (non-hydrogen) atoms. The van der Waals surface area contributed by atoms with Crippen molar-refractivity contribution in [3.63, 3.8) is 0 Å². The van der Waals surface area contributed by atoms with Crippen molar-refractivity contribution < 1.29 is 19.0 Å². The quantitative estimate of drug-likeness (QED) is 0.373. The van der Waals surface area contributed by atoms with E-state index in [4.69, 9.17) is 14.2 Å². The van der Waals surface area contributed by atoms with Crippen molar-refractivity contribution in [2.45, 2.75) is 45.6 Å². The summed E-state index contributed by atoms with van der Waals surface area (Å²) in [6, 6.07) is 18.1. The number of hydrogen-bond acceptors (Lipinski definition) is 5. The van der Waals surface area contributed by atoms with Crippen molar-refractivity contribution in [1.29, 1.82) is 0 Å². The van der Waals surface area contributed by atoms with Crippen LogP contribution >= 0.6 is 0 Å². The van der Waals surface area contributed by atoms with E-state index in [1.54, 1.807) is 37.6 Å². The average Bonchev–Trinajstić information content (AvgIpc) is 2.80. The highest BCUT2D eigenvalue weighted by atomic mass is 16.5. The van der Waals surface area contributed by atoms with Gasteiger partial charge in [-0.15, -0.1) is 0 Å². The van der Waals surface area contributed by atoms with E-state index in [2.05, 4.69) is 36.4 Å². The van der Waals surface area contributed by atoms with Crippen LogP contribution in [0.4, 0.5) is 16.2 Å². The van der Waals surface area contributed by atoms with E-state index in [9.17, 15) is 4.79 Å². The Labute approximate surface area is 201 Å². The number of carbonyl (C=O) groups is 1. The molecule has 180 valence electrons. The fourth-order valence-corrected chi connectivity index (χ4v) is 3.32. The molecule has 1 aromatic heterocycles. The van der Waals surface area contributed by atoms with Crippen LogP contribution in [0.15, 0.2) is 66.9 Å². The van der Waals surface area contributed by atoms with Crippen molar-refractivity contribution in [2.24, 2.45) is 0 Å². The second-order valence-corrected chi connectivity index (χ2v) is 9.02. The minimum Gasteiger partial charge on any atom is -0.491 e. The van der Waals surface area contributed by atoms with E-state index in [0.717, 1.165) is 17.7 Å². The third kappa shape index (κ3) is 7.22. The number of rotatable bonds is 9. The molecule has 2 amide bonds. The number of carbonyl (C=O) groups excluding carboxylic acids is 1. The second-order valence-electron chi connectivity index (χ2n) is 9.02. The fourth-order valence-electron chi connectivity index (χ4n) is 3.32. The molecule has 7 heteroatoms. The average molecular weight is 464 g/mol. The van der Waals surface area contributed by atoms with Crippen LogP contribution in [0.25, 0.3) is 0 Å². The molecule has 0 bridgehead atoms. The molecule has 1 atom stereocenters. The Bertz CT molecular complexity index is 1080. The highest BCUT2D eigenvalue weighted by Gasteiger charge is 2.20. The smallest absolute Gasteiger partial charge is 0.323 e. The molecule has 3 rings (SSSR count). The van der Waals surface area contributed by atoms with Crippen LogP contribution in [0.2, 0.25) is 0 Å². The maximum absolute atomic E-state index is 12.6. The van der Waals surface area contributed by atoms with Crippen LogP contribution in [-0.4, -0.2) is 30.8 Å². The maximum atomic E-state index is 12.6. The normalized spacial score (nSPS) is 12.0. The lowest BCUT2D eigenvalue weighted by Crippen LogP contribution is -2.20. The van der Waals surface area contributed by atoms with Crippen molar-refractivity contribution in [1.82, 2.24) is 4.98 Å². The molecule has 3 aromatic rings. The lowest BCUT2D eigenvalue weighted by Gasteiger charge is -2.22. The summed E-state index contributed by atoms with van der Waals surface area (Å²) < 4.78 is 17.0. The molecule has 0 spiro atoms. The van der Waals surface area contributed by atoms with Gasteiger partial charge in [-0.05, 0) is 54.8 Å². The van der Waals surface area contributed by atoms with Gasteiger partial charge in [-0.3, -0.25) is 0 Å². The molecule has 0 saturated heterocycles. The number of anilines is 2. The first-order chi connectivity index (χ1) is 16.3. The molecular weight excluding hydrogens is 430 g/mol. The zero-order valence-corrected chi connectivity index (χ0v) is 20.4. The van der Waals surface area contributed by atoms with Gasteiger partial charge in [-0.2, -0.15) is 0 Å². The van der Waals surface area contributed by atoms with Gasteiger partial charge in [0, 0.05) is 37.6 Å². The Morgan fingerprint density at radius 3 is 2.44 bits per heavy atom. The van der Waals surface area contributed by atoms with Gasteiger partial charge in [-0.25, -0.2) is 9.78 Å². The third-order valence-corrected chi connectivity index (χ3v) is 5.10. The first-order valence-electron chi connectivity index (χ1n) is 11.3. The lowest BCUT2D eigenvalue weighted by atomic mass is 9.86. The molecule has 1 unspecified atom stereocenters. The Kier molecular flexibility index (Phi) is 8.49. The Morgan fingerprint density at radius 2 is 1.74 bits per heavy atom. The van der Waals surface area contributed by atoms with E-state index in [0.29, 0.717) is 29.6 Å². The fraction of sp³-hybridized carbons (Fsp3) is 0.333. The van der Waals surface area contributed by atoms with Crippen LogP contribution in [0.3, 0.4) is 0 Å². The van der Waals surface area contributed by atoms with Gasteiger partial charge in [-0.1, -0.05) is 39.0 Å². The summed E-state index contributed by atoms with van der Waals surface area (Å²) in [6.07, 6.45) is 2.47. The topological polar surface area (TPSA) is 81.7 Å². The first-order valence-corrected chi connectivity index (χ1v) is 11.3. The summed E-state index contributed by atoms with van der Waals surface area (Å²) in [7, 11) is 1.67. The standard InChI is InChI=1S/C27H33N3O4/c1-19(16-18-32-5)33-21-14-12-20(13-15-21)29-26(31)30-23-10-8-17-28-25(23)34-24-11-7-6-9-22(24)27(2,3)4/h6-15,17,19H,16,18H2,1-5H3,(H2,29,30,31). The summed E-state index contributed by atoms with van der Waals surface area (Å²) in [5, 5.41) is 5.65. The molecule has 2 N–H and O–H groups in total. The predicted molar refractivity (Wildman–Crippen MR) is 135 cm³/mol. The van der Waals surface area contributed by atoms with Crippen molar-refractivity contribution in [2.75, 3.05) is 24.4 Å². The van der Waals surface area contributed by atoms with Gasteiger partial charge in [0.05, 0.1) is 6.10 Å². The molecule has 0 aliphatic heterocycles. The minimum absolute atomic E-state index is 0.0365. The zero-order valence-electron chi connectivity index (χ0n) is 20.4. The molecule has 0 aliphatic carbocycles. The Balaban J connectivity index is 1.65. The molecule has 0 radical (unpaired) electrons. The second kappa shape index (κ2) is 11.5. The number of nitrogens with one attached hydrogen (secondary N) is 2. The number of ether oxygens (including phenoxy) is 3. The number of pyridine rings is 1. The van der Waals surface area contributed by atoms with Gasteiger partial charge in [0.2, 0.25) is 5.88 Å². The largest absolute Gasteiger partial charge is 0.491 e. The highest BCUT2D eigenvalue weighted by molar-refractivity contribution is 6.00. The lowest BCUT2D eigenvalue weighted by molar-refractivity contribution is 0.135. The molecule has 0 saturated carbocycles. The van der Waals surface area contributed by atoms with Gasteiger partial charge in [0.25, 0.3) is 0 Å². The van der Waals surface area contributed by atoms with E-state index in [1.165, 1.54) is 0 Å². The predicted octanol–water partition coefficient (Wildman–Crippen LogP) is 6.62. The van der Waals surface area contributed by atoms with Crippen molar-refractivity contribution in [3.05, 3.63) is 72.4 Å². The van der Waals surface area contributed by atoms with Crippen LogP contribution in [0.1, 0.15) is 39.7 Å². The van der Waals surface area contributed by atoms with E-state index >= 15 is 0 Å². The van der Waals surface area contributed by atoms with Crippen LogP contribution in [-0.2, 0) is 10.2 Å². The van der Waals surface area contributed by atoms with Gasteiger partial charge >= 0.3 is 6.03 Å². The summed E-state index contributed by atoms with van der Waals surface area (Å²) in [5.74, 6) is 1.76. The number of nitrogens with zero attached hydrogens (tertiary/aromatic N) is 1. The molecular formula is C27H33N3O4. The first kappa shape index (κ1) is 25.1. The molecule has 7 nitrogen and oxygen atoms in total. The number of aromatic nitrogens is 1. The van der Waals surface area contributed by atoms with E-state index in [1.807, 2.05) is 43.3 Å². The Morgan fingerprint density at radius 1 is 1.00 bits per heavy atom. The number of methoxy groups -OCH3 is 1. The van der Waals surface area contributed by atoms with E-state index < -0.39 is 6.03 Å². The number of benzene rings is 2. The van der Waals surface area contributed by atoms with Crippen molar-refractivity contribution >= 4 is 17.4 Å². The summed E-state index contributed by atoms with van der Waals surface area (Å²) in [5.41, 5.74) is 2.05. The molecule has 0 fully saturated rings. The van der Waals surface area contributed by atoms with Gasteiger partial charge in [0.1, 0.15) is 17.2 Å². The highest BCUT2D eigenvalue weighted by Crippen LogP contribution is 2.35. The summed E-state index contributed by atoms with van der Waals surface area (Å²) in [4.78, 5) is 17.0. The SMILES string of the molecule is COCCC(C)Oc1ccc(NC(=O)Nc2cccnc2Oc2ccccc2C(C)(C)C)cc1. The third-order valence-electron chi connectivity index (χ3n) is 5.10. The van der Waals surface area contributed by atoms with Crippen LogP contribution in [0.5, 0.6) is 17.4 Å². The number of urea groups is 1. The zero-order chi connectivity index (χ0) is 24.6. The number of hydrogen-bond donors (Lipinski definition) is 2. The maximum Gasteiger partial charge on any atom is 0.323 e. The summed E-state index contributed by atoms with van der Waals surface area (Å²) >= 11 is 0. The monoisotopic (exact) mass is 463 g/mol. The van der Waals surface area contributed by atoms with Gasteiger partial charge < -0.3 is 24.8 Å². The molecule has 1 heterocycles. The Hall–Kier alpha value is -3.58. The van der Waals surface area contributed by atoms with Crippen LogP contribution in [0, 0.1) is 0 Å². The number of para-hydroxylation sites is 1.